The summed E-state index contributed by atoms with van der Waals surface area (Å²) in [5, 5.41) is 3.10. The average Bonchev–Trinajstić information content (AvgIpc) is 2.18. The van der Waals surface area contributed by atoms with Crippen LogP contribution < -0.4 is 5.32 Å². The van der Waals surface area contributed by atoms with Gasteiger partial charge in [0.2, 0.25) is 5.91 Å². The predicted octanol–water partition coefficient (Wildman–Crippen LogP) is 1.95. The van der Waals surface area contributed by atoms with Crippen molar-refractivity contribution < 1.29 is 4.79 Å². The van der Waals surface area contributed by atoms with Crippen molar-refractivity contribution >= 4 is 5.91 Å². The van der Waals surface area contributed by atoms with Crippen molar-refractivity contribution in [2.24, 2.45) is 16.2 Å². The minimum atomic E-state index is -0.190. The fourth-order valence-corrected chi connectivity index (χ4v) is 3.32. The molecule has 0 radical (unpaired) electrons. The third kappa shape index (κ3) is 0.695. The summed E-state index contributed by atoms with van der Waals surface area (Å²) in [6, 6.07) is 0.375. The van der Waals surface area contributed by atoms with Crippen LogP contribution in [0.25, 0.3) is 0 Å². The lowest BCUT2D eigenvalue weighted by molar-refractivity contribution is -0.137. The van der Waals surface area contributed by atoms with Gasteiger partial charge in [-0.05, 0) is 24.2 Å². The molecule has 0 aromatic heterocycles. The van der Waals surface area contributed by atoms with E-state index in [9.17, 15) is 4.79 Å². The van der Waals surface area contributed by atoms with E-state index in [1.807, 2.05) is 0 Å². The monoisotopic (exact) mass is 181 g/mol. The van der Waals surface area contributed by atoms with Crippen molar-refractivity contribution in [2.45, 2.75) is 47.1 Å². The quantitative estimate of drug-likeness (QED) is 0.608. The van der Waals surface area contributed by atoms with Crippen molar-refractivity contribution in [3.8, 4) is 0 Å². The second kappa shape index (κ2) is 1.94. The van der Waals surface area contributed by atoms with Crippen LogP contribution in [0.3, 0.4) is 0 Å². The molecule has 0 aromatic rings. The lowest BCUT2D eigenvalue weighted by atomic mass is 9.60. The summed E-state index contributed by atoms with van der Waals surface area (Å²) in [6.07, 6.45) is 1.11. The molecule has 2 bridgehead atoms. The highest BCUT2D eigenvalue weighted by molar-refractivity contribution is 5.88. The highest BCUT2D eigenvalue weighted by atomic mass is 16.2. The molecule has 2 fully saturated rings. The lowest BCUT2D eigenvalue weighted by Gasteiger charge is -2.41. The number of hydrogen-bond donors (Lipinski definition) is 1. The maximum absolute atomic E-state index is 11.9. The molecule has 0 aromatic carbocycles. The van der Waals surface area contributed by atoms with Gasteiger partial charge in [-0.15, -0.1) is 0 Å². The smallest absolute Gasteiger partial charge is 0.227 e. The highest BCUT2D eigenvalue weighted by Gasteiger charge is 2.70. The molecule has 1 aliphatic carbocycles. The Kier molecular flexibility index (Phi) is 1.35. The summed E-state index contributed by atoms with van der Waals surface area (Å²) in [5.41, 5.74) is 0.0573. The summed E-state index contributed by atoms with van der Waals surface area (Å²) in [7, 11) is 0. The van der Waals surface area contributed by atoms with Crippen LogP contribution in [-0.4, -0.2) is 11.9 Å². The van der Waals surface area contributed by atoms with E-state index in [4.69, 9.17) is 0 Å². The van der Waals surface area contributed by atoms with Gasteiger partial charge in [0.05, 0.1) is 5.41 Å². The molecular weight excluding hydrogens is 162 g/mol. The summed E-state index contributed by atoms with van der Waals surface area (Å²) in [4.78, 5) is 11.9. The number of rotatable bonds is 0. The zero-order valence-electron chi connectivity index (χ0n) is 9.19. The number of fused-ring (bicyclic) bond motifs is 2. The fraction of sp³-hybridized carbons (Fsp3) is 0.909. The van der Waals surface area contributed by atoms with Gasteiger partial charge in [-0.25, -0.2) is 0 Å². The Bertz CT molecular complexity index is 280. The molecule has 1 aliphatic heterocycles. The molecule has 74 valence electrons. The maximum atomic E-state index is 11.9. The van der Waals surface area contributed by atoms with Crippen LogP contribution in [0.15, 0.2) is 0 Å². The molecule has 2 rings (SSSR count). The standard InChI is InChI=1S/C11H19NO/c1-9(2)6-7-10(3,4)11(9,5)8(13)12-7/h7H,6H2,1-5H3,(H,12,13). The van der Waals surface area contributed by atoms with E-state index in [2.05, 4.69) is 39.9 Å². The molecule has 2 unspecified atom stereocenters. The predicted molar refractivity (Wildman–Crippen MR) is 52.2 cm³/mol. The molecular formula is C11H19NO. The van der Waals surface area contributed by atoms with Crippen molar-refractivity contribution in [1.82, 2.24) is 5.32 Å². The van der Waals surface area contributed by atoms with E-state index >= 15 is 0 Å². The zero-order chi connectivity index (χ0) is 10.1. The highest BCUT2D eigenvalue weighted by Crippen LogP contribution is 2.65. The Balaban J connectivity index is 2.58. The summed E-state index contributed by atoms with van der Waals surface area (Å²) in [6.45, 7) is 11.0. The minimum Gasteiger partial charge on any atom is -0.352 e. The normalized spacial score (nSPS) is 45.0. The molecule has 13 heavy (non-hydrogen) atoms. The number of hydrogen-bond acceptors (Lipinski definition) is 1. The Morgan fingerprint density at radius 2 is 1.77 bits per heavy atom. The van der Waals surface area contributed by atoms with Gasteiger partial charge in [0, 0.05) is 6.04 Å². The molecule has 0 spiro atoms. The first-order valence-corrected chi connectivity index (χ1v) is 5.04. The summed E-state index contributed by atoms with van der Waals surface area (Å²) < 4.78 is 0. The van der Waals surface area contributed by atoms with Crippen LogP contribution in [0.5, 0.6) is 0 Å². The first-order chi connectivity index (χ1) is 5.73. The summed E-state index contributed by atoms with van der Waals surface area (Å²) in [5.74, 6) is 0.249. The lowest BCUT2D eigenvalue weighted by Crippen LogP contribution is -2.47. The van der Waals surface area contributed by atoms with E-state index in [1.54, 1.807) is 0 Å². The third-order valence-electron chi connectivity index (χ3n) is 4.99. The van der Waals surface area contributed by atoms with Gasteiger partial charge >= 0.3 is 0 Å². The first kappa shape index (κ1) is 9.04. The van der Waals surface area contributed by atoms with Crippen LogP contribution in [0, 0.1) is 16.2 Å². The third-order valence-corrected chi connectivity index (χ3v) is 4.99. The minimum absolute atomic E-state index is 0.105. The van der Waals surface area contributed by atoms with Crippen LogP contribution in [-0.2, 0) is 4.79 Å². The van der Waals surface area contributed by atoms with Crippen molar-refractivity contribution in [1.29, 1.82) is 0 Å². The van der Waals surface area contributed by atoms with E-state index < -0.39 is 0 Å². The second-order valence-corrected chi connectivity index (χ2v) is 5.96. The first-order valence-electron chi connectivity index (χ1n) is 5.04. The Hall–Kier alpha value is -0.530. The molecule has 2 nitrogen and oxygen atoms in total. The van der Waals surface area contributed by atoms with Crippen molar-refractivity contribution in [3.05, 3.63) is 0 Å². The van der Waals surface area contributed by atoms with Gasteiger partial charge < -0.3 is 5.32 Å². The molecule has 2 aliphatic rings. The van der Waals surface area contributed by atoms with Gasteiger partial charge in [-0.1, -0.05) is 27.7 Å². The molecule has 2 heteroatoms. The van der Waals surface area contributed by atoms with Gasteiger partial charge in [-0.3, -0.25) is 4.79 Å². The van der Waals surface area contributed by atoms with Gasteiger partial charge in [0.25, 0.3) is 0 Å². The molecule has 1 heterocycles. The fourth-order valence-electron chi connectivity index (χ4n) is 3.32. The van der Waals surface area contributed by atoms with E-state index in [1.165, 1.54) is 0 Å². The zero-order valence-corrected chi connectivity index (χ0v) is 9.19. The van der Waals surface area contributed by atoms with Gasteiger partial charge in [0.15, 0.2) is 0 Å². The molecule has 2 atom stereocenters. The second-order valence-electron chi connectivity index (χ2n) is 5.96. The number of carbonyl (C=O) groups excluding carboxylic acids is 1. The van der Waals surface area contributed by atoms with Gasteiger partial charge in [0.1, 0.15) is 0 Å². The Labute approximate surface area is 80.1 Å². The Morgan fingerprint density at radius 1 is 1.23 bits per heavy atom. The number of piperidine rings is 1. The van der Waals surface area contributed by atoms with E-state index in [0.29, 0.717) is 6.04 Å². The SMILES string of the molecule is CC1(C)CC2NC(=O)C1(C)C2(C)C. The van der Waals surface area contributed by atoms with Crippen LogP contribution in [0.2, 0.25) is 0 Å². The van der Waals surface area contributed by atoms with Crippen LogP contribution >= 0.6 is 0 Å². The molecule has 1 saturated heterocycles. The molecule has 1 N–H and O–H groups in total. The van der Waals surface area contributed by atoms with Crippen molar-refractivity contribution in [2.75, 3.05) is 0 Å². The van der Waals surface area contributed by atoms with Crippen LogP contribution in [0.1, 0.15) is 41.0 Å². The maximum Gasteiger partial charge on any atom is 0.227 e. The topological polar surface area (TPSA) is 29.1 Å². The van der Waals surface area contributed by atoms with Crippen molar-refractivity contribution in [3.63, 3.8) is 0 Å². The number of amides is 1. The Morgan fingerprint density at radius 3 is 2.00 bits per heavy atom. The van der Waals surface area contributed by atoms with Crippen LogP contribution in [0.4, 0.5) is 0 Å². The molecule has 1 amide bonds. The number of nitrogens with one attached hydrogen (secondary N) is 1. The van der Waals surface area contributed by atoms with E-state index in [-0.39, 0.29) is 22.2 Å². The average molecular weight is 181 g/mol. The molecule has 1 saturated carbocycles. The number of carbonyl (C=O) groups is 1. The van der Waals surface area contributed by atoms with Gasteiger partial charge in [-0.2, -0.15) is 0 Å². The largest absolute Gasteiger partial charge is 0.352 e. The van der Waals surface area contributed by atoms with E-state index in [0.717, 1.165) is 6.42 Å². The summed E-state index contributed by atoms with van der Waals surface area (Å²) >= 11 is 0.